The van der Waals surface area contributed by atoms with Gasteiger partial charge in [-0.2, -0.15) is 0 Å². The summed E-state index contributed by atoms with van der Waals surface area (Å²) >= 11 is 5.40. The van der Waals surface area contributed by atoms with Gasteiger partial charge in [-0.3, -0.25) is 0 Å². The summed E-state index contributed by atoms with van der Waals surface area (Å²) in [6.45, 7) is 0. The molecule has 2 aliphatic carbocycles. The number of hydrogen-bond acceptors (Lipinski definition) is 0. The monoisotopic (exact) mass is 640 g/mol. The molecule has 0 fully saturated rings. The van der Waals surface area contributed by atoms with E-state index in [1.165, 1.54) is 7.24 Å². The minimum atomic E-state index is -1.79. The molecule has 0 amide bonds. The molecule has 0 aromatic rings. The van der Waals surface area contributed by atoms with E-state index in [4.69, 9.17) is 0 Å². The molecule has 0 radical (unpaired) electrons. The van der Waals surface area contributed by atoms with Crippen molar-refractivity contribution in [2.45, 2.75) is 0 Å². The number of allylic oxidation sites excluding steroid dienone is 6. The zero-order valence-corrected chi connectivity index (χ0v) is 16.0. The average molecular weight is 635 g/mol. The Labute approximate surface area is 114 Å². The Balaban J connectivity index is 2.17. The van der Waals surface area contributed by atoms with Gasteiger partial charge in [0, 0.05) is 0 Å². The third-order valence-corrected chi connectivity index (χ3v) is 39.0. The van der Waals surface area contributed by atoms with Gasteiger partial charge in [-0.25, -0.2) is 0 Å². The summed E-state index contributed by atoms with van der Waals surface area (Å²) in [5, 5.41) is 0. The first-order chi connectivity index (χ1) is 6.68. The number of halogens is 2. The molecule has 4 heteroatoms. The van der Waals surface area contributed by atoms with Crippen LogP contribution in [0.25, 0.3) is 0 Å². The molecular formula is C10H6I2Te2. The molecule has 0 atom stereocenters. The second-order valence-corrected chi connectivity index (χ2v) is 74.7. The molecule has 0 spiro atoms. The maximum absolute atomic E-state index is 3.38. The summed E-state index contributed by atoms with van der Waals surface area (Å²) in [7, 11) is 0. The average Bonchev–Trinajstić information content (AvgIpc) is 2.71. The summed E-state index contributed by atoms with van der Waals surface area (Å²) < 4.78 is 2.99. The van der Waals surface area contributed by atoms with E-state index in [-0.39, 0.29) is 17.1 Å². The topological polar surface area (TPSA) is 0 Å². The van der Waals surface area contributed by atoms with Gasteiger partial charge < -0.3 is 0 Å². The second kappa shape index (κ2) is 5.26. The van der Waals surface area contributed by atoms with Crippen molar-refractivity contribution in [1.29, 1.82) is 0 Å². The van der Waals surface area contributed by atoms with Crippen LogP contribution in [0.1, 0.15) is 0 Å². The van der Waals surface area contributed by atoms with Crippen LogP contribution in [0, 0.1) is 0 Å². The van der Waals surface area contributed by atoms with Crippen LogP contribution in [0.4, 0.5) is 0 Å². The molecule has 72 valence electrons. The van der Waals surface area contributed by atoms with Crippen LogP contribution in [0.2, 0.25) is 0 Å². The molecule has 0 heterocycles. The first-order valence-electron chi connectivity index (χ1n) is 3.87. The fourth-order valence-electron chi connectivity index (χ4n) is 0.985. The molecular weight excluding hydrogens is 629 g/mol. The van der Waals surface area contributed by atoms with Gasteiger partial charge in [-0.15, -0.1) is 0 Å². The minimum absolute atomic E-state index is 0.0489. The Morgan fingerprint density at radius 1 is 1.07 bits per heavy atom. The first-order valence-corrected chi connectivity index (χ1v) is 27.1. The van der Waals surface area contributed by atoms with Gasteiger partial charge in [0.15, 0.2) is 0 Å². The van der Waals surface area contributed by atoms with E-state index < -0.39 is 6.42 Å². The molecule has 2 aliphatic rings. The zero-order valence-electron chi connectivity index (χ0n) is 7.04. The van der Waals surface area contributed by atoms with Crippen molar-refractivity contribution in [3.63, 3.8) is 0 Å². The van der Waals surface area contributed by atoms with Crippen molar-refractivity contribution < 1.29 is 0 Å². The molecule has 0 saturated heterocycles. The van der Waals surface area contributed by atoms with E-state index >= 15 is 0 Å². The third-order valence-electron chi connectivity index (χ3n) is 1.59. The van der Waals surface area contributed by atoms with Gasteiger partial charge in [0.2, 0.25) is 0 Å². The molecule has 0 aliphatic heterocycles. The van der Waals surface area contributed by atoms with Gasteiger partial charge in [0.25, 0.3) is 0 Å². The van der Waals surface area contributed by atoms with Gasteiger partial charge in [-0.05, 0) is 0 Å². The van der Waals surface area contributed by atoms with E-state index in [0.717, 1.165) is 0 Å². The Kier molecular flexibility index (Phi) is 4.52. The van der Waals surface area contributed by atoms with Crippen molar-refractivity contribution in [2.75, 3.05) is 0 Å². The van der Waals surface area contributed by atoms with E-state index in [0.29, 0.717) is 0 Å². The second-order valence-electron chi connectivity index (χ2n) is 2.57. The van der Waals surface area contributed by atoms with Crippen molar-refractivity contribution in [3.8, 4) is 0 Å². The molecule has 0 unspecified atom stereocenters. The fourth-order valence-corrected chi connectivity index (χ4v) is 35.0. The molecule has 0 aromatic heterocycles. The van der Waals surface area contributed by atoms with Crippen LogP contribution in [0.3, 0.4) is 0 Å². The maximum atomic E-state index is 3.38. The first kappa shape index (κ1) is 12.0. The van der Waals surface area contributed by atoms with Crippen molar-refractivity contribution in [3.05, 3.63) is 55.2 Å². The van der Waals surface area contributed by atoms with Crippen LogP contribution < -0.4 is 0 Å². The SMILES string of the molecule is I[Te](I)([Te]C1=C=CC=C1)C1=C=CC=C1. The summed E-state index contributed by atoms with van der Waals surface area (Å²) in [6, 6.07) is 0. The number of hydrogen-bond donors (Lipinski definition) is 0. The Bertz CT molecular complexity index is 443. The molecule has 0 N–H and O–H groups in total. The molecule has 2 rings (SSSR count). The summed E-state index contributed by atoms with van der Waals surface area (Å²) in [6.07, 6.45) is 10.9. The molecule has 0 aromatic carbocycles. The molecule has 0 bridgehead atoms. The number of rotatable bonds is 3. The summed E-state index contributed by atoms with van der Waals surface area (Å²) in [5.41, 5.74) is 6.71. The van der Waals surface area contributed by atoms with Crippen LogP contribution in [-0.2, 0) is 0 Å². The van der Waals surface area contributed by atoms with E-state index in [1.54, 1.807) is 0 Å². The van der Waals surface area contributed by atoms with Gasteiger partial charge >= 0.3 is 116 Å². The molecule has 0 saturated carbocycles. The quantitative estimate of drug-likeness (QED) is 0.254. The Morgan fingerprint density at radius 3 is 2.36 bits per heavy atom. The van der Waals surface area contributed by atoms with E-state index in [1.807, 2.05) is 12.2 Å². The van der Waals surface area contributed by atoms with Crippen LogP contribution in [0.15, 0.2) is 55.2 Å². The van der Waals surface area contributed by atoms with Crippen LogP contribution in [-0.4, -0.2) is 23.5 Å². The summed E-state index contributed by atoms with van der Waals surface area (Å²) in [4.78, 5) is 0. The van der Waals surface area contributed by atoms with Crippen LogP contribution >= 0.6 is 37.4 Å². The molecule has 14 heavy (non-hydrogen) atoms. The predicted octanol–water partition coefficient (Wildman–Crippen LogP) is 3.30. The fraction of sp³-hybridized carbons (Fsp3) is 0. The van der Waals surface area contributed by atoms with Crippen molar-refractivity contribution in [2.24, 2.45) is 0 Å². The van der Waals surface area contributed by atoms with Gasteiger partial charge in [0.1, 0.15) is 0 Å². The van der Waals surface area contributed by atoms with E-state index in [2.05, 4.69) is 73.2 Å². The molecule has 0 nitrogen and oxygen atoms in total. The van der Waals surface area contributed by atoms with Gasteiger partial charge in [-0.1, -0.05) is 0 Å². The van der Waals surface area contributed by atoms with Crippen LogP contribution in [0.5, 0.6) is 0 Å². The zero-order chi connectivity index (χ0) is 10.0. The predicted molar refractivity (Wildman–Crippen MR) is 81.0 cm³/mol. The summed E-state index contributed by atoms with van der Waals surface area (Å²) in [5.74, 6) is 0. The van der Waals surface area contributed by atoms with Gasteiger partial charge in [0.05, 0.1) is 0 Å². The standard InChI is InChI=1S/C10H6I2Te2/c11-14(12,10-7-3-4-8-10)13-9-5-1-2-6-9/h1-5,7H. The Morgan fingerprint density at radius 2 is 1.79 bits per heavy atom. The Hall–Kier alpha value is 1.56. The van der Waals surface area contributed by atoms with E-state index in [9.17, 15) is 0 Å². The third kappa shape index (κ3) is 3.03. The van der Waals surface area contributed by atoms with Crippen molar-refractivity contribution >= 4 is 60.9 Å². The normalized spacial score (nSPS) is 19.0. The van der Waals surface area contributed by atoms with Crippen molar-refractivity contribution in [1.82, 2.24) is 0 Å².